The molecule has 22 heavy (non-hydrogen) atoms. The van der Waals surface area contributed by atoms with Gasteiger partial charge in [-0.05, 0) is 18.2 Å². The van der Waals surface area contributed by atoms with Gasteiger partial charge in [-0.2, -0.15) is 10.4 Å². The van der Waals surface area contributed by atoms with Crippen LogP contribution in [0.25, 0.3) is 5.69 Å². The average molecular weight is 298 g/mol. The lowest BCUT2D eigenvalue weighted by Gasteiger charge is -2.08. The van der Waals surface area contributed by atoms with Crippen LogP contribution in [0.3, 0.4) is 0 Å². The van der Waals surface area contributed by atoms with Crippen LogP contribution in [0.2, 0.25) is 0 Å². The molecule has 0 unspecified atom stereocenters. The third-order valence-corrected chi connectivity index (χ3v) is 2.70. The SMILES string of the molecule is N#C/C(=N\Nc1ccc(-n2ccccc2=O)cc1F)C(=N)N. The maximum atomic E-state index is 14.0. The van der Waals surface area contributed by atoms with Gasteiger partial charge in [0.2, 0.25) is 5.71 Å². The summed E-state index contributed by atoms with van der Waals surface area (Å²) in [6.07, 6.45) is 1.52. The lowest BCUT2D eigenvalue weighted by atomic mass is 10.2. The molecular weight excluding hydrogens is 287 g/mol. The van der Waals surface area contributed by atoms with E-state index >= 15 is 0 Å². The summed E-state index contributed by atoms with van der Waals surface area (Å²) in [5.41, 5.74) is 7.14. The zero-order valence-electron chi connectivity index (χ0n) is 11.2. The molecule has 7 nitrogen and oxygen atoms in total. The van der Waals surface area contributed by atoms with Gasteiger partial charge in [0, 0.05) is 18.3 Å². The molecule has 0 aliphatic rings. The van der Waals surface area contributed by atoms with Crippen LogP contribution in [0.15, 0.2) is 52.5 Å². The van der Waals surface area contributed by atoms with E-state index in [0.29, 0.717) is 5.69 Å². The van der Waals surface area contributed by atoms with Crippen LogP contribution < -0.4 is 16.7 Å². The van der Waals surface area contributed by atoms with Gasteiger partial charge in [0.15, 0.2) is 5.84 Å². The van der Waals surface area contributed by atoms with Crippen LogP contribution in [0.5, 0.6) is 0 Å². The number of nitriles is 1. The van der Waals surface area contributed by atoms with Gasteiger partial charge in [0.05, 0.1) is 11.4 Å². The Labute approximate surface area is 124 Å². The van der Waals surface area contributed by atoms with Crippen molar-refractivity contribution in [1.82, 2.24) is 4.57 Å². The molecule has 1 heterocycles. The van der Waals surface area contributed by atoms with Gasteiger partial charge in [-0.25, -0.2) is 4.39 Å². The van der Waals surface area contributed by atoms with Gasteiger partial charge in [-0.15, -0.1) is 0 Å². The Kier molecular flexibility index (Phi) is 4.29. The molecular formula is C14H11FN6O. The molecule has 0 spiro atoms. The first-order chi connectivity index (χ1) is 10.5. The van der Waals surface area contributed by atoms with E-state index in [1.807, 2.05) is 0 Å². The molecule has 0 radical (unpaired) electrons. The molecule has 0 saturated heterocycles. The van der Waals surface area contributed by atoms with Crippen molar-refractivity contribution in [2.24, 2.45) is 10.8 Å². The topological polar surface area (TPSA) is 120 Å². The number of anilines is 1. The highest BCUT2D eigenvalue weighted by atomic mass is 19.1. The van der Waals surface area contributed by atoms with Crippen LogP contribution in [0.1, 0.15) is 0 Å². The van der Waals surface area contributed by atoms with Gasteiger partial charge >= 0.3 is 0 Å². The maximum Gasteiger partial charge on any atom is 0.255 e. The Bertz CT molecular complexity index is 849. The summed E-state index contributed by atoms with van der Waals surface area (Å²) < 4.78 is 15.3. The van der Waals surface area contributed by atoms with Crippen LogP contribution >= 0.6 is 0 Å². The number of amidine groups is 1. The summed E-state index contributed by atoms with van der Waals surface area (Å²) in [7, 11) is 0. The van der Waals surface area contributed by atoms with E-state index in [-0.39, 0.29) is 17.0 Å². The Morgan fingerprint density at radius 2 is 2.18 bits per heavy atom. The van der Waals surface area contributed by atoms with Crippen molar-refractivity contribution >= 4 is 17.2 Å². The number of halogens is 1. The number of nitrogens with two attached hydrogens (primary N) is 1. The molecule has 0 aliphatic carbocycles. The summed E-state index contributed by atoms with van der Waals surface area (Å²) in [5.74, 6) is -1.19. The molecule has 0 aliphatic heterocycles. The molecule has 1 aromatic heterocycles. The zero-order valence-corrected chi connectivity index (χ0v) is 11.2. The van der Waals surface area contributed by atoms with E-state index in [1.54, 1.807) is 18.2 Å². The molecule has 1 aromatic carbocycles. The fourth-order valence-corrected chi connectivity index (χ4v) is 1.65. The first kappa shape index (κ1) is 14.9. The van der Waals surface area contributed by atoms with Gasteiger partial charge < -0.3 is 5.73 Å². The number of nitrogens with zero attached hydrogens (tertiary/aromatic N) is 3. The van der Waals surface area contributed by atoms with E-state index in [0.717, 1.165) is 6.07 Å². The summed E-state index contributed by atoms with van der Waals surface area (Å²) in [6, 6.07) is 10.2. The lowest BCUT2D eigenvalue weighted by molar-refractivity contribution is 0.629. The molecule has 2 aromatic rings. The minimum Gasteiger partial charge on any atom is -0.382 e. The highest BCUT2D eigenvalue weighted by Crippen LogP contribution is 2.17. The van der Waals surface area contributed by atoms with Crippen LogP contribution in [0, 0.1) is 22.6 Å². The zero-order chi connectivity index (χ0) is 16.1. The summed E-state index contributed by atoms with van der Waals surface area (Å²) in [5, 5.41) is 19.3. The van der Waals surface area contributed by atoms with Crippen molar-refractivity contribution in [3.05, 3.63) is 58.8 Å². The summed E-state index contributed by atoms with van der Waals surface area (Å²) in [6.45, 7) is 0. The number of hydrazone groups is 1. The van der Waals surface area contributed by atoms with Crippen LogP contribution in [-0.4, -0.2) is 16.1 Å². The predicted octanol–water partition coefficient (Wildman–Crippen LogP) is 1.20. The first-order valence-corrected chi connectivity index (χ1v) is 6.08. The quantitative estimate of drug-likeness (QED) is 0.446. The number of hydrogen-bond donors (Lipinski definition) is 3. The van der Waals surface area contributed by atoms with Crippen molar-refractivity contribution in [2.75, 3.05) is 5.43 Å². The second kappa shape index (κ2) is 6.32. The number of nitrogens with one attached hydrogen (secondary N) is 2. The molecule has 0 atom stereocenters. The molecule has 2 rings (SSSR count). The molecule has 110 valence electrons. The van der Waals surface area contributed by atoms with Crippen molar-refractivity contribution in [2.45, 2.75) is 0 Å². The molecule has 8 heteroatoms. The molecule has 4 N–H and O–H groups in total. The predicted molar refractivity (Wildman–Crippen MR) is 80.6 cm³/mol. The van der Waals surface area contributed by atoms with E-state index < -0.39 is 11.7 Å². The number of rotatable bonds is 4. The Morgan fingerprint density at radius 3 is 2.77 bits per heavy atom. The minimum atomic E-state index is -0.669. The number of hydrogen-bond acceptors (Lipinski definition) is 5. The number of benzene rings is 1. The highest BCUT2D eigenvalue weighted by Gasteiger charge is 2.07. The van der Waals surface area contributed by atoms with Gasteiger partial charge in [-0.1, -0.05) is 6.07 Å². The Morgan fingerprint density at radius 1 is 1.41 bits per heavy atom. The van der Waals surface area contributed by atoms with Gasteiger partial charge in [0.25, 0.3) is 5.56 Å². The third kappa shape index (κ3) is 3.16. The van der Waals surface area contributed by atoms with Crippen molar-refractivity contribution < 1.29 is 4.39 Å². The largest absolute Gasteiger partial charge is 0.382 e. The summed E-state index contributed by atoms with van der Waals surface area (Å²) >= 11 is 0. The first-order valence-electron chi connectivity index (χ1n) is 6.08. The second-order valence-corrected chi connectivity index (χ2v) is 4.17. The van der Waals surface area contributed by atoms with E-state index in [2.05, 4.69) is 10.5 Å². The smallest absolute Gasteiger partial charge is 0.255 e. The molecule has 0 bridgehead atoms. The Hall–Kier alpha value is -3.47. The monoisotopic (exact) mass is 298 g/mol. The van der Waals surface area contributed by atoms with E-state index in [9.17, 15) is 9.18 Å². The standard InChI is InChI=1S/C14H11FN6O/c15-10-7-9(21-6-2-1-3-13(21)22)4-5-11(10)19-20-12(8-16)14(17)18/h1-7,19H,(H3,17,18)/b20-12+. The van der Waals surface area contributed by atoms with Gasteiger partial charge in [0.1, 0.15) is 11.9 Å². The third-order valence-electron chi connectivity index (χ3n) is 2.70. The lowest BCUT2D eigenvalue weighted by Crippen LogP contribution is -2.22. The van der Waals surface area contributed by atoms with Crippen molar-refractivity contribution in [3.63, 3.8) is 0 Å². The Balaban J connectivity index is 2.32. The maximum absolute atomic E-state index is 14.0. The summed E-state index contributed by atoms with van der Waals surface area (Å²) in [4.78, 5) is 11.7. The number of pyridine rings is 1. The van der Waals surface area contributed by atoms with E-state index in [4.69, 9.17) is 16.4 Å². The second-order valence-electron chi connectivity index (χ2n) is 4.17. The molecule has 0 saturated carbocycles. The molecule has 0 amide bonds. The van der Waals surface area contributed by atoms with Gasteiger partial charge in [-0.3, -0.25) is 20.2 Å². The molecule has 0 fully saturated rings. The normalized spacial score (nSPS) is 10.8. The number of aromatic nitrogens is 1. The fourth-order valence-electron chi connectivity index (χ4n) is 1.65. The van der Waals surface area contributed by atoms with Crippen molar-refractivity contribution in [3.8, 4) is 11.8 Å². The van der Waals surface area contributed by atoms with Crippen molar-refractivity contribution in [1.29, 1.82) is 10.7 Å². The fraction of sp³-hybridized carbons (Fsp3) is 0. The highest BCUT2D eigenvalue weighted by molar-refractivity contribution is 6.45. The van der Waals surface area contributed by atoms with E-state index in [1.165, 1.54) is 29.0 Å². The van der Waals surface area contributed by atoms with Crippen LogP contribution in [0.4, 0.5) is 10.1 Å². The van der Waals surface area contributed by atoms with Crippen LogP contribution in [-0.2, 0) is 0 Å². The average Bonchev–Trinajstić information content (AvgIpc) is 2.49. The minimum absolute atomic E-state index is 0.0123.